The summed E-state index contributed by atoms with van der Waals surface area (Å²) < 4.78 is 5.45. The number of hydrogen-bond donors (Lipinski definition) is 1. The lowest BCUT2D eigenvalue weighted by atomic mass is 9.94. The Morgan fingerprint density at radius 2 is 2.00 bits per heavy atom. The fourth-order valence-electron chi connectivity index (χ4n) is 4.18. The first-order valence-electron chi connectivity index (χ1n) is 7.40. The van der Waals surface area contributed by atoms with Crippen LogP contribution < -0.4 is 5.19 Å². The van der Waals surface area contributed by atoms with Crippen LogP contribution in [0.5, 0.6) is 0 Å². The Kier molecular flexibility index (Phi) is 3.46. The molecular formula is C16H22O3Si. The van der Waals surface area contributed by atoms with Gasteiger partial charge in [0.05, 0.1) is 14.5 Å². The molecule has 0 spiro atoms. The highest BCUT2D eigenvalue weighted by Gasteiger charge is 2.54. The molecule has 1 saturated heterocycles. The van der Waals surface area contributed by atoms with Gasteiger partial charge in [-0.1, -0.05) is 48.6 Å². The van der Waals surface area contributed by atoms with E-state index in [2.05, 4.69) is 37.4 Å². The van der Waals surface area contributed by atoms with E-state index in [1.807, 2.05) is 6.07 Å². The second-order valence-electron chi connectivity index (χ2n) is 6.67. The van der Waals surface area contributed by atoms with Crippen molar-refractivity contribution in [2.45, 2.75) is 37.6 Å². The average Bonchev–Trinajstić information content (AvgIpc) is 2.95. The third-order valence-electron chi connectivity index (χ3n) is 5.37. The summed E-state index contributed by atoms with van der Waals surface area (Å²) >= 11 is 0. The summed E-state index contributed by atoms with van der Waals surface area (Å²) in [7, 11) is -1.67. The highest BCUT2D eigenvalue weighted by Crippen LogP contribution is 2.51. The van der Waals surface area contributed by atoms with E-state index >= 15 is 0 Å². The van der Waals surface area contributed by atoms with Crippen LogP contribution in [0.2, 0.25) is 18.6 Å². The molecule has 1 saturated carbocycles. The monoisotopic (exact) mass is 290 g/mol. The molecule has 1 N–H and O–H groups in total. The van der Waals surface area contributed by atoms with E-state index in [-0.39, 0.29) is 30.5 Å². The summed E-state index contributed by atoms with van der Waals surface area (Å²) in [6.07, 6.45) is 1.46. The molecular weight excluding hydrogens is 268 g/mol. The van der Waals surface area contributed by atoms with Crippen LogP contribution in [0, 0.1) is 11.8 Å². The van der Waals surface area contributed by atoms with Gasteiger partial charge in [-0.15, -0.1) is 0 Å². The third kappa shape index (κ3) is 2.11. The number of carbonyl (C=O) groups is 1. The third-order valence-corrected chi connectivity index (χ3v) is 9.71. The molecule has 0 radical (unpaired) electrons. The molecule has 1 aromatic rings. The molecule has 2 fully saturated rings. The van der Waals surface area contributed by atoms with Crippen LogP contribution in [0.15, 0.2) is 30.3 Å². The van der Waals surface area contributed by atoms with Crippen molar-refractivity contribution >= 4 is 19.2 Å². The van der Waals surface area contributed by atoms with Crippen LogP contribution in [-0.2, 0) is 9.53 Å². The Morgan fingerprint density at radius 1 is 1.30 bits per heavy atom. The number of aliphatic hydroxyl groups excluding tert-OH is 1. The van der Waals surface area contributed by atoms with Crippen molar-refractivity contribution < 1.29 is 14.6 Å². The summed E-state index contributed by atoms with van der Waals surface area (Å²) in [5.41, 5.74) is 0.484. The maximum Gasteiger partial charge on any atom is 0.306 e. The molecule has 1 aliphatic heterocycles. The molecule has 0 bridgehead atoms. The molecule has 1 aromatic carbocycles. The van der Waals surface area contributed by atoms with E-state index in [4.69, 9.17) is 4.74 Å². The summed E-state index contributed by atoms with van der Waals surface area (Å²) in [4.78, 5) is 11.5. The molecule has 0 amide bonds. The highest BCUT2D eigenvalue weighted by atomic mass is 28.3. The molecule has 1 heterocycles. The number of hydrogen-bond acceptors (Lipinski definition) is 3. The van der Waals surface area contributed by atoms with E-state index in [0.717, 1.165) is 6.42 Å². The number of ether oxygens (including phenoxy) is 1. The van der Waals surface area contributed by atoms with Crippen LogP contribution in [0.4, 0.5) is 0 Å². The number of rotatable bonds is 3. The predicted octanol–water partition coefficient (Wildman–Crippen LogP) is 1.92. The maximum atomic E-state index is 11.5. The van der Waals surface area contributed by atoms with Crippen LogP contribution >= 0.6 is 0 Å². The largest absolute Gasteiger partial charge is 0.462 e. The topological polar surface area (TPSA) is 46.5 Å². The Morgan fingerprint density at radius 3 is 2.65 bits per heavy atom. The van der Waals surface area contributed by atoms with Crippen LogP contribution in [0.25, 0.3) is 0 Å². The molecule has 2 aliphatic rings. The summed E-state index contributed by atoms with van der Waals surface area (Å²) in [6, 6.07) is 10.6. The summed E-state index contributed by atoms with van der Waals surface area (Å²) in [5.74, 6) is 0.359. The van der Waals surface area contributed by atoms with Gasteiger partial charge in [0.1, 0.15) is 6.10 Å². The zero-order chi connectivity index (χ0) is 14.3. The van der Waals surface area contributed by atoms with Gasteiger partial charge in [-0.3, -0.25) is 4.79 Å². The number of fused-ring (bicyclic) bond motifs is 1. The van der Waals surface area contributed by atoms with E-state index in [1.54, 1.807) is 0 Å². The summed E-state index contributed by atoms with van der Waals surface area (Å²) in [5, 5.41) is 11.3. The van der Waals surface area contributed by atoms with E-state index in [0.29, 0.717) is 12.0 Å². The van der Waals surface area contributed by atoms with E-state index in [1.165, 1.54) is 5.19 Å². The van der Waals surface area contributed by atoms with Gasteiger partial charge in [0.15, 0.2) is 0 Å². The minimum Gasteiger partial charge on any atom is -0.462 e. The normalized spacial score (nSPS) is 33.0. The van der Waals surface area contributed by atoms with Crippen LogP contribution in [-0.4, -0.2) is 31.9 Å². The molecule has 20 heavy (non-hydrogen) atoms. The van der Waals surface area contributed by atoms with Gasteiger partial charge < -0.3 is 9.84 Å². The lowest BCUT2D eigenvalue weighted by molar-refractivity contribution is -0.141. The fourth-order valence-corrected chi connectivity index (χ4v) is 7.90. The van der Waals surface area contributed by atoms with Crippen molar-refractivity contribution in [3.63, 3.8) is 0 Å². The minimum absolute atomic E-state index is 0.0418. The molecule has 0 aromatic heterocycles. The van der Waals surface area contributed by atoms with Gasteiger partial charge in [-0.2, -0.15) is 0 Å². The minimum atomic E-state index is -1.67. The van der Waals surface area contributed by atoms with Crippen molar-refractivity contribution in [2.75, 3.05) is 6.61 Å². The average molecular weight is 290 g/mol. The Labute approximate surface area is 121 Å². The first-order valence-corrected chi connectivity index (χ1v) is 10.5. The van der Waals surface area contributed by atoms with Crippen molar-refractivity contribution in [3.05, 3.63) is 30.3 Å². The zero-order valence-corrected chi connectivity index (χ0v) is 13.1. The van der Waals surface area contributed by atoms with Crippen molar-refractivity contribution in [1.82, 2.24) is 0 Å². The Hall–Kier alpha value is -1.13. The second kappa shape index (κ2) is 5.01. The van der Waals surface area contributed by atoms with Gasteiger partial charge in [-0.25, -0.2) is 0 Å². The lowest BCUT2D eigenvalue weighted by Crippen LogP contribution is -2.48. The summed E-state index contributed by atoms with van der Waals surface area (Å²) in [6.45, 7) is 4.92. The first kappa shape index (κ1) is 13.8. The van der Waals surface area contributed by atoms with Gasteiger partial charge in [0.25, 0.3) is 0 Å². The standard InChI is InChI=1S/C16H22O3Si/c1-20(2,11-6-4-3-5-7-11)15-9-14-12(13(15)10-17)8-16(18)19-14/h3-7,12-15,17H,8-10H2,1-2H3/t12-,13?,14?,15?/m0/s1. The molecule has 1 aliphatic carbocycles. The molecule has 3 unspecified atom stereocenters. The molecule has 3 nitrogen and oxygen atoms in total. The molecule has 108 valence electrons. The number of carbonyl (C=O) groups excluding carboxylic acids is 1. The predicted molar refractivity (Wildman–Crippen MR) is 80.5 cm³/mol. The van der Waals surface area contributed by atoms with Crippen molar-refractivity contribution in [2.24, 2.45) is 11.8 Å². The van der Waals surface area contributed by atoms with Gasteiger partial charge >= 0.3 is 5.97 Å². The van der Waals surface area contributed by atoms with Gasteiger partial charge in [0.2, 0.25) is 0 Å². The SMILES string of the molecule is C[Si](C)(c1ccccc1)C1CC2OC(=O)C[C@H]2C1CO. The highest BCUT2D eigenvalue weighted by molar-refractivity contribution is 6.91. The van der Waals surface area contributed by atoms with E-state index < -0.39 is 8.07 Å². The zero-order valence-electron chi connectivity index (χ0n) is 12.1. The Balaban J connectivity index is 1.89. The quantitative estimate of drug-likeness (QED) is 0.683. The molecule has 3 rings (SSSR count). The van der Waals surface area contributed by atoms with Crippen LogP contribution in [0.3, 0.4) is 0 Å². The number of esters is 1. The van der Waals surface area contributed by atoms with E-state index in [9.17, 15) is 9.90 Å². The Bertz CT molecular complexity index is 500. The molecule has 4 atom stereocenters. The number of benzene rings is 1. The lowest BCUT2D eigenvalue weighted by Gasteiger charge is -2.35. The fraction of sp³-hybridized carbons (Fsp3) is 0.562. The smallest absolute Gasteiger partial charge is 0.306 e. The first-order chi connectivity index (χ1) is 9.54. The van der Waals surface area contributed by atoms with Gasteiger partial charge in [-0.05, 0) is 17.9 Å². The van der Waals surface area contributed by atoms with Gasteiger partial charge in [0, 0.05) is 12.5 Å². The maximum absolute atomic E-state index is 11.5. The van der Waals surface area contributed by atoms with Crippen molar-refractivity contribution in [3.8, 4) is 0 Å². The van der Waals surface area contributed by atoms with Crippen molar-refractivity contribution in [1.29, 1.82) is 0 Å². The van der Waals surface area contributed by atoms with Crippen LogP contribution in [0.1, 0.15) is 12.8 Å². The second-order valence-corrected chi connectivity index (χ2v) is 11.4. The molecule has 4 heteroatoms. The number of aliphatic hydroxyl groups is 1.